The highest BCUT2D eigenvalue weighted by molar-refractivity contribution is 7.01. The van der Waals surface area contributed by atoms with Crippen LogP contribution in [0.15, 0.2) is 349 Å². The van der Waals surface area contributed by atoms with Gasteiger partial charge in [-0.15, -0.1) is 0 Å². The van der Waals surface area contributed by atoms with E-state index in [9.17, 15) is 0 Å². The SMILES string of the molecule is c1ccc(N2c3ccccc3B3c4ccccc4N(c4ccccc4)c4cc(-c5cccc(-c6c7oc8ccccc8c7c(-c7cccc(-c8cc9c%10c(c8)N(c8ccccc8)c8ccccc8B%10c8ccccc8N9c8ccccc8)c7)c7oc8ccccc8c67)c5)cc2c43)cc1. The number of benzene rings is 15. The molecule has 6 nitrogen and oxygen atoms in total. The molecule has 4 aliphatic heterocycles. The predicted octanol–water partition coefficient (Wildman–Crippen LogP) is 20.3. The van der Waals surface area contributed by atoms with Gasteiger partial charge in [-0.25, -0.2) is 0 Å². The maximum Gasteiger partial charge on any atom is 0.252 e. The Balaban J connectivity index is 0.788. The second-order valence-electron chi connectivity index (χ2n) is 26.2. The van der Waals surface area contributed by atoms with Crippen LogP contribution in [-0.2, 0) is 0 Å². The molecule has 0 unspecified atom stereocenters. The van der Waals surface area contributed by atoms with Gasteiger partial charge in [-0.2, -0.15) is 0 Å². The molecule has 0 amide bonds. The summed E-state index contributed by atoms with van der Waals surface area (Å²) in [5.41, 5.74) is 33.1. The van der Waals surface area contributed by atoms with Crippen molar-refractivity contribution in [2.75, 3.05) is 19.6 Å². The second kappa shape index (κ2) is 21.4. The third-order valence-electron chi connectivity index (χ3n) is 20.9. The standard InChI is InChI=1S/C90H56B2N4O2/c1-5-31-63(32-6-1)93-73-45-19-15-41-69(73)91-70-42-16-20-46-74(70)94(64-33-7-2-8-34-64)78-54-61(53-77(93)87(78)91)57-27-25-29-59(51-57)83-85-67-39-13-23-49-81(67)98-90(85)84(86-68-40-14-24-50-82(68)97-89(83)86)60-30-26-28-58(52-60)62-55-79-88-80(56-62)96(66-37-11-4-12-38-66)76-48-22-18-44-72(76)92(88)71-43-17-21-47-75(71)95(79)65-35-9-3-10-36-65/h1-56H. The molecule has 8 heteroatoms. The van der Waals surface area contributed by atoms with E-state index in [-0.39, 0.29) is 13.4 Å². The van der Waals surface area contributed by atoms with Crippen molar-refractivity contribution in [2.24, 2.45) is 0 Å². The Labute approximate surface area is 567 Å². The summed E-state index contributed by atoms with van der Waals surface area (Å²) >= 11 is 0. The molecule has 454 valence electrons. The van der Waals surface area contributed by atoms with Crippen molar-refractivity contribution in [1.29, 1.82) is 0 Å². The Morgan fingerprint density at radius 1 is 0.214 bits per heavy atom. The number of hydrogen-bond acceptors (Lipinski definition) is 6. The third-order valence-corrected chi connectivity index (χ3v) is 20.9. The van der Waals surface area contributed by atoms with Gasteiger partial charge in [-0.1, -0.05) is 218 Å². The van der Waals surface area contributed by atoms with E-state index in [1.807, 2.05) is 0 Å². The highest BCUT2D eigenvalue weighted by atomic mass is 16.3. The molecule has 0 spiro atoms. The molecule has 0 atom stereocenters. The van der Waals surface area contributed by atoms with E-state index in [2.05, 4.69) is 359 Å². The average molecular weight is 1250 g/mol. The van der Waals surface area contributed by atoms with Crippen LogP contribution >= 0.6 is 0 Å². The minimum Gasteiger partial charge on any atom is -0.455 e. The van der Waals surface area contributed by atoms with Crippen LogP contribution in [0.2, 0.25) is 0 Å². The lowest BCUT2D eigenvalue weighted by atomic mass is 9.33. The van der Waals surface area contributed by atoms with Gasteiger partial charge in [-0.05, 0) is 187 Å². The molecule has 98 heavy (non-hydrogen) atoms. The summed E-state index contributed by atoms with van der Waals surface area (Å²) in [5, 5.41) is 4.05. The number of nitrogens with zero attached hydrogens (tertiary/aromatic N) is 4. The van der Waals surface area contributed by atoms with Crippen molar-refractivity contribution < 1.29 is 8.83 Å². The maximum absolute atomic E-state index is 7.42. The maximum atomic E-state index is 7.42. The quantitative estimate of drug-likeness (QED) is 0.141. The molecule has 0 N–H and O–H groups in total. The van der Waals surface area contributed by atoms with Crippen molar-refractivity contribution >= 4 is 158 Å². The van der Waals surface area contributed by atoms with Gasteiger partial charge in [0.05, 0.1) is 0 Å². The lowest BCUT2D eigenvalue weighted by molar-refractivity contribution is 0.665. The fourth-order valence-corrected chi connectivity index (χ4v) is 17.0. The normalized spacial score (nSPS) is 13.2. The highest BCUT2D eigenvalue weighted by Gasteiger charge is 2.46. The van der Waals surface area contributed by atoms with Gasteiger partial charge in [0.1, 0.15) is 22.3 Å². The van der Waals surface area contributed by atoms with Gasteiger partial charge < -0.3 is 28.4 Å². The summed E-state index contributed by atoms with van der Waals surface area (Å²) in [7, 11) is 0. The van der Waals surface area contributed by atoms with Crippen LogP contribution in [0.1, 0.15) is 0 Å². The fraction of sp³-hybridized carbons (Fsp3) is 0. The smallest absolute Gasteiger partial charge is 0.252 e. The van der Waals surface area contributed by atoms with Gasteiger partial charge >= 0.3 is 0 Å². The van der Waals surface area contributed by atoms with E-state index in [0.717, 1.165) is 134 Å². The largest absolute Gasteiger partial charge is 0.455 e. The van der Waals surface area contributed by atoms with Crippen molar-refractivity contribution in [1.82, 2.24) is 0 Å². The number of rotatable bonds is 8. The molecule has 15 aromatic carbocycles. The van der Waals surface area contributed by atoms with Crippen LogP contribution in [0.4, 0.5) is 68.2 Å². The first-order valence-electron chi connectivity index (χ1n) is 33.8. The molecular weight excluding hydrogens is 1190 g/mol. The molecule has 4 aliphatic rings. The molecule has 0 fully saturated rings. The van der Waals surface area contributed by atoms with Gasteiger partial charge in [0.2, 0.25) is 0 Å². The molecule has 0 bridgehead atoms. The van der Waals surface area contributed by atoms with Crippen molar-refractivity contribution in [3.63, 3.8) is 0 Å². The number of fused-ring (bicyclic) bond motifs is 14. The summed E-state index contributed by atoms with van der Waals surface area (Å²) in [6.07, 6.45) is 0. The third kappa shape index (κ3) is 8.00. The van der Waals surface area contributed by atoms with E-state index in [1.165, 1.54) is 55.5 Å². The van der Waals surface area contributed by atoms with Crippen LogP contribution < -0.4 is 52.4 Å². The molecule has 21 rings (SSSR count). The lowest BCUT2D eigenvalue weighted by Crippen LogP contribution is -2.61. The molecule has 0 radical (unpaired) electrons. The Hall–Kier alpha value is -12.8. The van der Waals surface area contributed by atoms with Gasteiger partial charge in [0, 0.05) is 101 Å². The fourth-order valence-electron chi connectivity index (χ4n) is 17.0. The molecular formula is C90H56B2N4O2. The monoisotopic (exact) mass is 1250 g/mol. The van der Waals surface area contributed by atoms with Gasteiger partial charge in [0.15, 0.2) is 0 Å². The van der Waals surface area contributed by atoms with Crippen LogP contribution in [-0.4, -0.2) is 13.4 Å². The first-order chi connectivity index (χ1) is 48.7. The molecule has 0 saturated heterocycles. The molecule has 6 heterocycles. The lowest BCUT2D eigenvalue weighted by Gasteiger charge is -2.44. The molecule has 0 saturated carbocycles. The first kappa shape index (κ1) is 54.6. The Morgan fingerprint density at radius 2 is 0.490 bits per heavy atom. The summed E-state index contributed by atoms with van der Waals surface area (Å²) in [4.78, 5) is 9.93. The van der Waals surface area contributed by atoms with Crippen molar-refractivity contribution in [2.45, 2.75) is 0 Å². The summed E-state index contributed by atoms with van der Waals surface area (Å²) in [5.74, 6) is 0. The number of hydrogen-bond donors (Lipinski definition) is 0. The first-order valence-corrected chi connectivity index (χ1v) is 33.8. The Morgan fingerprint density at radius 3 is 0.816 bits per heavy atom. The van der Waals surface area contributed by atoms with Crippen molar-refractivity contribution in [3.05, 3.63) is 340 Å². The summed E-state index contributed by atoms with van der Waals surface area (Å²) < 4.78 is 14.8. The van der Waals surface area contributed by atoms with Crippen molar-refractivity contribution in [3.8, 4) is 44.5 Å². The minimum absolute atomic E-state index is 0.000455. The minimum atomic E-state index is 0.000455. The number of para-hydroxylation sites is 10. The Bertz CT molecular complexity index is 5530. The van der Waals surface area contributed by atoms with Crippen LogP contribution in [0.3, 0.4) is 0 Å². The van der Waals surface area contributed by atoms with Gasteiger partial charge in [0.25, 0.3) is 13.4 Å². The summed E-state index contributed by atoms with van der Waals surface area (Å²) in [6.45, 7) is 0.000910. The molecule has 2 aromatic heterocycles. The zero-order chi connectivity index (χ0) is 64.1. The van der Waals surface area contributed by atoms with Crippen LogP contribution in [0.5, 0.6) is 0 Å². The number of furan rings is 2. The van der Waals surface area contributed by atoms with Crippen LogP contribution in [0, 0.1) is 0 Å². The highest BCUT2D eigenvalue weighted by Crippen LogP contribution is 2.54. The average Bonchev–Trinajstić information content (AvgIpc) is 1.09. The van der Waals surface area contributed by atoms with E-state index in [0.29, 0.717) is 0 Å². The topological polar surface area (TPSA) is 39.2 Å². The zero-order valence-electron chi connectivity index (χ0n) is 53.1. The Kier molecular flexibility index (Phi) is 11.9. The second-order valence-corrected chi connectivity index (χ2v) is 26.2. The molecule has 0 aliphatic carbocycles. The van der Waals surface area contributed by atoms with E-state index in [1.54, 1.807) is 0 Å². The van der Waals surface area contributed by atoms with E-state index in [4.69, 9.17) is 8.83 Å². The van der Waals surface area contributed by atoms with Crippen LogP contribution in [0.25, 0.3) is 88.4 Å². The summed E-state index contributed by atoms with van der Waals surface area (Å²) in [6, 6.07) is 124. The number of anilines is 12. The predicted molar refractivity (Wildman–Crippen MR) is 411 cm³/mol. The molecule has 17 aromatic rings. The van der Waals surface area contributed by atoms with E-state index < -0.39 is 0 Å². The van der Waals surface area contributed by atoms with E-state index >= 15 is 0 Å². The zero-order valence-corrected chi connectivity index (χ0v) is 53.1. The van der Waals surface area contributed by atoms with Gasteiger partial charge in [-0.3, -0.25) is 0 Å².